The Morgan fingerprint density at radius 3 is 2.32 bits per heavy atom. The summed E-state index contributed by atoms with van der Waals surface area (Å²) in [5.74, 6) is -0.186. The largest absolute Gasteiger partial charge is 0.207 e. The zero-order chi connectivity index (χ0) is 14.2. The van der Waals surface area contributed by atoms with Crippen LogP contribution in [0.25, 0.3) is 0 Å². The molecule has 0 nitrogen and oxygen atoms in total. The Morgan fingerprint density at radius 1 is 1.00 bits per heavy atom. The Kier molecular flexibility index (Phi) is 4.32. The molecular formula is C16H15BrClF. The highest BCUT2D eigenvalue weighted by Gasteiger charge is 2.17. The third kappa shape index (κ3) is 3.01. The van der Waals surface area contributed by atoms with E-state index in [0.29, 0.717) is 5.56 Å². The van der Waals surface area contributed by atoms with Crippen molar-refractivity contribution in [1.82, 2.24) is 0 Å². The van der Waals surface area contributed by atoms with Crippen LogP contribution in [0.1, 0.15) is 32.6 Å². The van der Waals surface area contributed by atoms with Crippen molar-refractivity contribution in [3.8, 4) is 0 Å². The third-order valence-corrected chi connectivity index (χ3v) is 4.64. The molecule has 0 saturated carbocycles. The quantitative estimate of drug-likeness (QED) is 0.598. The number of alkyl halides is 1. The molecule has 2 aromatic rings. The van der Waals surface area contributed by atoms with Gasteiger partial charge in [-0.25, -0.2) is 4.39 Å². The van der Waals surface area contributed by atoms with Gasteiger partial charge in [0.2, 0.25) is 0 Å². The summed E-state index contributed by atoms with van der Waals surface area (Å²) in [5, 5.41) is 0.741. The van der Waals surface area contributed by atoms with E-state index in [1.54, 1.807) is 6.07 Å². The van der Waals surface area contributed by atoms with E-state index in [9.17, 15) is 4.39 Å². The highest BCUT2D eigenvalue weighted by molar-refractivity contribution is 9.09. The first-order valence-electron chi connectivity index (χ1n) is 6.07. The average molecular weight is 342 g/mol. The average Bonchev–Trinajstić information content (AvgIpc) is 2.33. The van der Waals surface area contributed by atoms with E-state index in [0.717, 1.165) is 27.3 Å². The second-order valence-electron chi connectivity index (χ2n) is 4.85. The normalized spacial score (nSPS) is 12.5. The molecule has 0 bridgehead atoms. The van der Waals surface area contributed by atoms with Crippen LogP contribution in [0.5, 0.6) is 0 Å². The smallest absolute Gasteiger partial charge is 0.128 e. The van der Waals surface area contributed by atoms with Gasteiger partial charge in [-0.2, -0.15) is 0 Å². The van der Waals surface area contributed by atoms with E-state index in [1.807, 2.05) is 45.0 Å². The molecule has 1 unspecified atom stereocenters. The number of hydrogen-bond acceptors (Lipinski definition) is 0. The van der Waals surface area contributed by atoms with Crippen LogP contribution in [0, 0.1) is 26.6 Å². The Labute approximate surface area is 126 Å². The number of aryl methyl sites for hydroxylation is 3. The standard InChI is InChI=1S/C16H15BrClF/c1-9-4-5-12(15(19)6-9)16(17)13-7-11(3)14(18)8-10(13)2/h4-8,16H,1-3H3. The minimum atomic E-state index is -0.186. The van der Waals surface area contributed by atoms with E-state index in [2.05, 4.69) is 15.9 Å². The Balaban J connectivity index is 2.49. The van der Waals surface area contributed by atoms with E-state index in [1.165, 1.54) is 0 Å². The van der Waals surface area contributed by atoms with Gasteiger partial charge in [-0.3, -0.25) is 0 Å². The maximum Gasteiger partial charge on any atom is 0.128 e. The zero-order valence-electron chi connectivity index (χ0n) is 11.1. The van der Waals surface area contributed by atoms with E-state index in [-0.39, 0.29) is 10.6 Å². The Hall–Kier alpha value is -0.860. The van der Waals surface area contributed by atoms with Gasteiger partial charge in [-0.1, -0.05) is 45.7 Å². The molecule has 2 rings (SSSR count). The number of rotatable bonds is 2. The Morgan fingerprint density at radius 2 is 1.68 bits per heavy atom. The summed E-state index contributed by atoms with van der Waals surface area (Å²) in [6, 6.07) is 9.24. The fourth-order valence-electron chi connectivity index (χ4n) is 2.08. The summed E-state index contributed by atoms with van der Waals surface area (Å²) in [6.45, 7) is 5.82. The lowest BCUT2D eigenvalue weighted by Crippen LogP contribution is -2.00. The summed E-state index contributed by atoms with van der Waals surface area (Å²) in [4.78, 5) is -0.163. The van der Waals surface area contributed by atoms with Crippen LogP contribution >= 0.6 is 27.5 Å². The lowest BCUT2D eigenvalue weighted by Gasteiger charge is -2.16. The molecule has 100 valence electrons. The summed E-state index contributed by atoms with van der Waals surface area (Å²) < 4.78 is 14.0. The van der Waals surface area contributed by atoms with Crippen LogP contribution in [-0.2, 0) is 0 Å². The Bertz CT molecular complexity index is 622. The van der Waals surface area contributed by atoms with Crippen LogP contribution in [-0.4, -0.2) is 0 Å². The maximum absolute atomic E-state index is 14.0. The van der Waals surface area contributed by atoms with Crippen molar-refractivity contribution in [3.05, 3.63) is 69.0 Å². The first-order chi connectivity index (χ1) is 8.90. The van der Waals surface area contributed by atoms with E-state index >= 15 is 0 Å². The summed E-state index contributed by atoms with van der Waals surface area (Å²) in [7, 11) is 0. The predicted molar refractivity (Wildman–Crippen MR) is 82.8 cm³/mol. The lowest BCUT2D eigenvalue weighted by molar-refractivity contribution is 0.612. The first-order valence-corrected chi connectivity index (χ1v) is 7.36. The van der Waals surface area contributed by atoms with Crippen molar-refractivity contribution in [2.24, 2.45) is 0 Å². The molecule has 0 saturated heterocycles. The number of hydrogen-bond donors (Lipinski definition) is 0. The molecule has 0 radical (unpaired) electrons. The van der Waals surface area contributed by atoms with Crippen molar-refractivity contribution in [2.45, 2.75) is 25.6 Å². The van der Waals surface area contributed by atoms with Gasteiger partial charge in [0, 0.05) is 10.6 Å². The van der Waals surface area contributed by atoms with Gasteiger partial charge in [0.05, 0.1) is 4.83 Å². The predicted octanol–water partition coefficient (Wildman–Crippen LogP) is 5.89. The molecule has 0 spiro atoms. The van der Waals surface area contributed by atoms with Crippen molar-refractivity contribution >= 4 is 27.5 Å². The molecule has 0 fully saturated rings. The summed E-state index contributed by atoms with van der Waals surface area (Å²) in [5.41, 5.74) is 4.67. The molecular weight excluding hydrogens is 327 g/mol. The maximum atomic E-state index is 14.0. The van der Waals surface area contributed by atoms with Gasteiger partial charge in [0.1, 0.15) is 5.82 Å². The van der Waals surface area contributed by atoms with Crippen LogP contribution in [0.15, 0.2) is 30.3 Å². The van der Waals surface area contributed by atoms with Crippen molar-refractivity contribution in [1.29, 1.82) is 0 Å². The molecule has 0 N–H and O–H groups in total. The minimum Gasteiger partial charge on any atom is -0.207 e. The molecule has 0 aliphatic heterocycles. The topological polar surface area (TPSA) is 0 Å². The minimum absolute atomic E-state index is 0.163. The molecule has 19 heavy (non-hydrogen) atoms. The molecule has 0 amide bonds. The summed E-state index contributed by atoms with van der Waals surface area (Å²) >= 11 is 9.70. The van der Waals surface area contributed by atoms with Crippen LogP contribution < -0.4 is 0 Å². The summed E-state index contributed by atoms with van der Waals surface area (Å²) in [6.07, 6.45) is 0. The molecule has 0 aromatic heterocycles. The van der Waals surface area contributed by atoms with Gasteiger partial charge in [-0.05, 0) is 55.2 Å². The zero-order valence-corrected chi connectivity index (χ0v) is 13.4. The van der Waals surface area contributed by atoms with Gasteiger partial charge in [0.25, 0.3) is 0 Å². The third-order valence-electron chi connectivity index (χ3n) is 3.25. The number of benzene rings is 2. The number of halogens is 3. The van der Waals surface area contributed by atoms with Gasteiger partial charge in [-0.15, -0.1) is 0 Å². The SMILES string of the molecule is Cc1ccc(C(Br)c2cc(C)c(Cl)cc2C)c(F)c1. The monoisotopic (exact) mass is 340 g/mol. The van der Waals surface area contributed by atoms with Gasteiger partial charge in [0.15, 0.2) is 0 Å². The van der Waals surface area contributed by atoms with Gasteiger partial charge < -0.3 is 0 Å². The molecule has 2 aromatic carbocycles. The van der Waals surface area contributed by atoms with Crippen molar-refractivity contribution in [3.63, 3.8) is 0 Å². The van der Waals surface area contributed by atoms with Gasteiger partial charge >= 0.3 is 0 Å². The molecule has 0 heterocycles. The molecule has 3 heteroatoms. The van der Waals surface area contributed by atoms with Crippen molar-refractivity contribution in [2.75, 3.05) is 0 Å². The van der Waals surface area contributed by atoms with E-state index < -0.39 is 0 Å². The second-order valence-corrected chi connectivity index (χ2v) is 6.17. The fraction of sp³-hybridized carbons (Fsp3) is 0.250. The van der Waals surface area contributed by atoms with E-state index in [4.69, 9.17) is 11.6 Å². The molecule has 1 atom stereocenters. The molecule has 0 aliphatic carbocycles. The van der Waals surface area contributed by atoms with Crippen LogP contribution in [0.2, 0.25) is 5.02 Å². The van der Waals surface area contributed by atoms with Crippen LogP contribution in [0.3, 0.4) is 0 Å². The lowest BCUT2D eigenvalue weighted by atomic mass is 9.97. The highest BCUT2D eigenvalue weighted by Crippen LogP contribution is 2.36. The van der Waals surface area contributed by atoms with Crippen molar-refractivity contribution < 1.29 is 4.39 Å². The van der Waals surface area contributed by atoms with Crippen LogP contribution in [0.4, 0.5) is 4.39 Å². The highest BCUT2D eigenvalue weighted by atomic mass is 79.9. The second kappa shape index (κ2) is 5.64. The molecule has 0 aliphatic rings. The first kappa shape index (κ1) is 14.5. The fourth-order valence-corrected chi connectivity index (χ4v) is 3.16.